The maximum Gasteiger partial charge on any atom is 0.108 e. The predicted octanol–water partition coefficient (Wildman–Crippen LogP) is 2.08. The van der Waals surface area contributed by atoms with Crippen LogP contribution in [0.15, 0.2) is 36.7 Å². The molecule has 0 unspecified atom stereocenters. The Balaban J connectivity index is 2.11. The Hall–Kier alpha value is -2.08. The van der Waals surface area contributed by atoms with Crippen LogP contribution in [0.5, 0.6) is 0 Å². The van der Waals surface area contributed by atoms with Crippen LogP contribution in [0.4, 0.5) is 0 Å². The van der Waals surface area contributed by atoms with E-state index in [0.29, 0.717) is 0 Å². The molecule has 1 aromatic carbocycles. The lowest BCUT2D eigenvalue weighted by Crippen LogP contribution is -2.01. The van der Waals surface area contributed by atoms with E-state index < -0.39 is 0 Å². The number of hydrogen-bond donors (Lipinski definition) is 0. The van der Waals surface area contributed by atoms with Gasteiger partial charge in [-0.2, -0.15) is 5.26 Å². The largest absolute Gasteiger partial charge is 0.338 e. The van der Waals surface area contributed by atoms with E-state index >= 15 is 0 Å². The molecule has 0 N–H and O–H groups in total. The smallest absolute Gasteiger partial charge is 0.108 e. The molecular weight excluding hydrogens is 198 g/mol. The van der Waals surface area contributed by atoms with E-state index in [0.717, 1.165) is 29.8 Å². The van der Waals surface area contributed by atoms with Gasteiger partial charge in [0.2, 0.25) is 0 Å². The highest BCUT2D eigenvalue weighted by atomic mass is 15.0. The number of imidazole rings is 1. The molecule has 3 heteroatoms. The molecule has 0 saturated heterocycles. The second-order valence-electron chi connectivity index (χ2n) is 3.72. The Labute approximate surface area is 95.0 Å². The second-order valence-corrected chi connectivity index (χ2v) is 3.72. The Morgan fingerprint density at radius 1 is 1.31 bits per heavy atom. The fourth-order valence-electron chi connectivity index (χ4n) is 1.73. The van der Waals surface area contributed by atoms with Crippen molar-refractivity contribution in [2.75, 3.05) is 0 Å². The van der Waals surface area contributed by atoms with Gasteiger partial charge in [-0.1, -0.05) is 18.2 Å². The van der Waals surface area contributed by atoms with E-state index in [1.807, 2.05) is 42.1 Å². The molecule has 0 aliphatic heterocycles. The zero-order chi connectivity index (χ0) is 11.4. The van der Waals surface area contributed by atoms with Gasteiger partial charge in [0.25, 0.3) is 0 Å². The van der Waals surface area contributed by atoms with Crippen LogP contribution in [0.1, 0.15) is 17.0 Å². The molecule has 0 atom stereocenters. The van der Waals surface area contributed by atoms with Gasteiger partial charge in [0.15, 0.2) is 0 Å². The Bertz CT molecular complexity index is 520. The minimum Gasteiger partial charge on any atom is -0.338 e. The van der Waals surface area contributed by atoms with Crippen LogP contribution in [0.25, 0.3) is 0 Å². The average Bonchev–Trinajstić information content (AvgIpc) is 2.72. The van der Waals surface area contributed by atoms with Gasteiger partial charge >= 0.3 is 0 Å². The van der Waals surface area contributed by atoms with Crippen molar-refractivity contribution in [3.8, 4) is 6.07 Å². The molecule has 16 heavy (non-hydrogen) atoms. The molecular formula is C13H13N3. The van der Waals surface area contributed by atoms with E-state index in [9.17, 15) is 0 Å². The van der Waals surface area contributed by atoms with Crippen LogP contribution in [-0.4, -0.2) is 9.55 Å². The first-order chi connectivity index (χ1) is 7.81. The minimum absolute atomic E-state index is 0.761. The molecule has 0 aliphatic carbocycles. The van der Waals surface area contributed by atoms with Crippen molar-refractivity contribution in [1.82, 2.24) is 9.55 Å². The minimum atomic E-state index is 0.761. The quantitative estimate of drug-likeness (QED) is 0.780. The van der Waals surface area contributed by atoms with E-state index in [4.69, 9.17) is 5.26 Å². The van der Waals surface area contributed by atoms with Crippen molar-refractivity contribution in [3.63, 3.8) is 0 Å². The summed E-state index contributed by atoms with van der Waals surface area (Å²) in [5.74, 6) is 1.05. The fraction of sp³-hybridized carbons (Fsp3) is 0.231. The zero-order valence-electron chi connectivity index (χ0n) is 9.22. The number of nitrogens with zero attached hydrogens (tertiary/aromatic N) is 3. The van der Waals surface area contributed by atoms with Gasteiger partial charge in [-0.05, 0) is 18.1 Å². The number of aryl methyl sites for hydroxylation is 3. The topological polar surface area (TPSA) is 41.6 Å². The van der Waals surface area contributed by atoms with Gasteiger partial charge in [0, 0.05) is 25.9 Å². The summed E-state index contributed by atoms with van der Waals surface area (Å²) < 4.78 is 2.01. The van der Waals surface area contributed by atoms with Crippen LogP contribution >= 0.6 is 0 Å². The fourth-order valence-corrected chi connectivity index (χ4v) is 1.73. The lowest BCUT2D eigenvalue weighted by molar-refractivity contribution is 0.770. The highest BCUT2D eigenvalue weighted by Crippen LogP contribution is 2.10. The predicted molar refractivity (Wildman–Crippen MR) is 61.8 cm³/mol. The van der Waals surface area contributed by atoms with Crippen LogP contribution in [0.2, 0.25) is 0 Å². The molecule has 2 rings (SSSR count). The molecule has 1 aromatic heterocycles. The van der Waals surface area contributed by atoms with Crippen LogP contribution < -0.4 is 0 Å². The third kappa shape index (κ3) is 2.12. The van der Waals surface area contributed by atoms with E-state index in [-0.39, 0.29) is 0 Å². The van der Waals surface area contributed by atoms with Gasteiger partial charge < -0.3 is 4.57 Å². The SMILES string of the molecule is Cn1ccnc1CCc1ccccc1C#N. The maximum absolute atomic E-state index is 8.96. The number of nitriles is 1. The maximum atomic E-state index is 8.96. The van der Waals surface area contributed by atoms with Gasteiger partial charge in [-0.25, -0.2) is 4.98 Å². The van der Waals surface area contributed by atoms with Crippen LogP contribution in [-0.2, 0) is 19.9 Å². The molecule has 0 spiro atoms. The summed E-state index contributed by atoms with van der Waals surface area (Å²) in [4.78, 5) is 4.27. The number of aromatic nitrogens is 2. The molecule has 3 nitrogen and oxygen atoms in total. The van der Waals surface area contributed by atoms with Crippen LogP contribution in [0.3, 0.4) is 0 Å². The normalized spacial score (nSPS) is 10.0. The Morgan fingerprint density at radius 3 is 2.81 bits per heavy atom. The van der Waals surface area contributed by atoms with Crippen molar-refractivity contribution in [2.45, 2.75) is 12.8 Å². The molecule has 80 valence electrons. The molecule has 2 aromatic rings. The third-order valence-corrected chi connectivity index (χ3v) is 2.68. The molecule has 0 aliphatic rings. The Morgan fingerprint density at radius 2 is 2.12 bits per heavy atom. The number of rotatable bonds is 3. The lowest BCUT2D eigenvalue weighted by Gasteiger charge is -2.03. The molecule has 0 fully saturated rings. The van der Waals surface area contributed by atoms with Gasteiger partial charge in [0.05, 0.1) is 11.6 Å². The van der Waals surface area contributed by atoms with Crippen molar-refractivity contribution < 1.29 is 0 Å². The lowest BCUT2D eigenvalue weighted by atomic mass is 10.0. The van der Waals surface area contributed by atoms with E-state index in [1.54, 1.807) is 6.20 Å². The number of benzene rings is 1. The Kier molecular flexibility index (Phi) is 3.02. The average molecular weight is 211 g/mol. The summed E-state index contributed by atoms with van der Waals surface area (Å²) in [7, 11) is 1.98. The third-order valence-electron chi connectivity index (χ3n) is 2.68. The second kappa shape index (κ2) is 4.63. The zero-order valence-corrected chi connectivity index (χ0v) is 9.22. The number of hydrogen-bond acceptors (Lipinski definition) is 2. The standard InChI is InChI=1S/C13H13N3/c1-16-9-8-15-13(16)7-6-11-4-2-3-5-12(11)10-14/h2-5,8-9H,6-7H2,1H3. The van der Waals surface area contributed by atoms with E-state index in [1.165, 1.54) is 0 Å². The summed E-state index contributed by atoms with van der Waals surface area (Å²) in [5.41, 5.74) is 1.85. The van der Waals surface area contributed by atoms with Crippen molar-refractivity contribution in [3.05, 3.63) is 53.6 Å². The molecule has 0 amide bonds. The van der Waals surface area contributed by atoms with Gasteiger partial charge in [0.1, 0.15) is 5.82 Å². The first-order valence-electron chi connectivity index (χ1n) is 5.25. The van der Waals surface area contributed by atoms with Crippen LogP contribution in [0, 0.1) is 11.3 Å². The summed E-state index contributed by atoms with van der Waals surface area (Å²) in [5, 5.41) is 8.96. The van der Waals surface area contributed by atoms with Gasteiger partial charge in [-0.3, -0.25) is 0 Å². The first-order valence-corrected chi connectivity index (χ1v) is 5.25. The summed E-state index contributed by atoms with van der Waals surface area (Å²) in [6, 6.07) is 9.93. The highest BCUT2D eigenvalue weighted by Gasteiger charge is 2.03. The molecule has 1 heterocycles. The molecule has 0 radical (unpaired) electrons. The van der Waals surface area contributed by atoms with Gasteiger partial charge in [-0.15, -0.1) is 0 Å². The molecule has 0 saturated carbocycles. The summed E-state index contributed by atoms with van der Waals surface area (Å²) in [6.07, 6.45) is 5.45. The highest BCUT2D eigenvalue weighted by molar-refractivity contribution is 5.37. The monoisotopic (exact) mass is 211 g/mol. The summed E-state index contributed by atoms with van der Waals surface area (Å²) in [6.45, 7) is 0. The first kappa shape index (κ1) is 10.4. The van der Waals surface area contributed by atoms with Crippen molar-refractivity contribution in [2.24, 2.45) is 7.05 Å². The molecule has 0 bridgehead atoms. The van der Waals surface area contributed by atoms with Crippen molar-refractivity contribution >= 4 is 0 Å². The van der Waals surface area contributed by atoms with Crippen molar-refractivity contribution in [1.29, 1.82) is 5.26 Å². The van der Waals surface area contributed by atoms with E-state index in [2.05, 4.69) is 11.1 Å². The summed E-state index contributed by atoms with van der Waals surface area (Å²) >= 11 is 0.